The standard InChI is InChI=1S/C17H24FNO/c1-13(10-15-8-5-9-16(18)11-15)17(20)19-12-14-6-3-2-4-7-14/h5,8-9,11,13-14H,2-4,6-7,10,12H2,1H3,(H,19,20). The van der Waals surface area contributed by atoms with Crippen LogP contribution in [0.3, 0.4) is 0 Å². The van der Waals surface area contributed by atoms with Crippen LogP contribution in [0.25, 0.3) is 0 Å². The molecule has 0 aliphatic heterocycles. The number of carbonyl (C=O) groups excluding carboxylic acids is 1. The van der Waals surface area contributed by atoms with Crippen molar-refractivity contribution in [3.8, 4) is 0 Å². The van der Waals surface area contributed by atoms with Crippen molar-refractivity contribution in [3.63, 3.8) is 0 Å². The van der Waals surface area contributed by atoms with Gasteiger partial charge in [-0.05, 0) is 42.9 Å². The Balaban J connectivity index is 1.76. The summed E-state index contributed by atoms with van der Waals surface area (Å²) >= 11 is 0. The van der Waals surface area contributed by atoms with Gasteiger partial charge in [-0.3, -0.25) is 4.79 Å². The third kappa shape index (κ3) is 4.62. The minimum atomic E-state index is -0.239. The normalized spacial score (nSPS) is 17.7. The first-order chi connectivity index (χ1) is 9.65. The van der Waals surface area contributed by atoms with E-state index in [0.29, 0.717) is 12.3 Å². The minimum Gasteiger partial charge on any atom is -0.356 e. The predicted octanol–water partition coefficient (Wildman–Crippen LogP) is 3.70. The number of benzene rings is 1. The molecule has 20 heavy (non-hydrogen) atoms. The van der Waals surface area contributed by atoms with Crippen LogP contribution in [0.5, 0.6) is 0 Å². The van der Waals surface area contributed by atoms with E-state index in [1.807, 2.05) is 13.0 Å². The highest BCUT2D eigenvalue weighted by Crippen LogP contribution is 2.22. The molecule has 0 saturated heterocycles. The Hall–Kier alpha value is -1.38. The molecule has 0 spiro atoms. The molecule has 1 aliphatic rings. The van der Waals surface area contributed by atoms with E-state index < -0.39 is 0 Å². The first-order valence-corrected chi connectivity index (χ1v) is 7.67. The third-order valence-electron chi connectivity index (χ3n) is 4.17. The first kappa shape index (κ1) is 15.0. The van der Waals surface area contributed by atoms with Crippen molar-refractivity contribution in [2.24, 2.45) is 11.8 Å². The molecule has 1 aromatic rings. The average molecular weight is 277 g/mol. The Morgan fingerprint density at radius 1 is 1.35 bits per heavy atom. The summed E-state index contributed by atoms with van der Waals surface area (Å²) in [4.78, 5) is 12.1. The van der Waals surface area contributed by atoms with Crippen LogP contribution in [0, 0.1) is 17.7 Å². The molecular weight excluding hydrogens is 253 g/mol. The van der Waals surface area contributed by atoms with E-state index in [-0.39, 0.29) is 17.6 Å². The number of nitrogens with one attached hydrogen (secondary N) is 1. The van der Waals surface area contributed by atoms with Crippen LogP contribution in [0.1, 0.15) is 44.6 Å². The Labute approximate surface area is 120 Å². The molecule has 0 aromatic heterocycles. The van der Waals surface area contributed by atoms with Crippen molar-refractivity contribution in [2.75, 3.05) is 6.54 Å². The Kier molecular flexibility index (Phi) is 5.57. The van der Waals surface area contributed by atoms with Gasteiger partial charge in [0.05, 0.1) is 0 Å². The molecule has 1 atom stereocenters. The highest BCUT2D eigenvalue weighted by atomic mass is 19.1. The minimum absolute atomic E-state index is 0.0832. The fourth-order valence-corrected chi connectivity index (χ4v) is 2.92. The molecule has 1 aromatic carbocycles. The molecule has 0 radical (unpaired) electrons. The molecule has 3 heteroatoms. The highest BCUT2D eigenvalue weighted by molar-refractivity contribution is 5.78. The second-order valence-electron chi connectivity index (χ2n) is 5.98. The van der Waals surface area contributed by atoms with Crippen molar-refractivity contribution in [3.05, 3.63) is 35.6 Å². The average Bonchev–Trinajstić information content (AvgIpc) is 2.46. The molecule has 2 nitrogen and oxygen atoms in total. The van der Waals surface area contributed by atoms with Gasteiger partial charge in [-0.2, -0.15) is 0 Å². The lowest BCUT2D eigenvalue weighted by Gasteiger charge is -2.22. The fourth-order valence-electron chi connectivity index (χ4n) is 2.92. The lowest BCUT2D eigenvalue weighted by atomic mass is 9.89. The predicted molar refractivity (Wildman–Crippen MR) is 78.9 cm³/mol. The highest BCUT2D eigenvalue weighted by Gasteiger charge is 2.17. The number of carbonyl (C=O) groups is 1. The molecule has 2 rings (SSSR count). The maximum Gasteiger partial charge on any atom is 0.223 e. The van der Waals surface area contributed by atoms with Crippen LogP contribution in [0.15, 0.2) is 24.3 Å². The summed E-state index contributed by atoms with van der Waals surface area (Å²) in [6, 6.07) is 6.49. The van der Waals surface area contributed by atoms with Gasteiger partial charge < -0.3 is 5.32 Å². The van der Waals surface area contributed by atoms with Crippen LogP contribution in [-0.4, -0.2) is 12.5 Å². The van der Waals surface area contributed by atoms with E-state index in [4.69, 9.17) is 0 Å². The first-order valence-electron chi connectivity index (χ1n) is 7.67. The van der Waals surface area contributed by atoms with Gasteiger partial charge in [0, 0.05) is 12.5 Å². The summed E-state index contributed by atoms with van der Waals surface area (Å²) in [5, 5.41) is 3.05. The van der Waals surface area contributed by atoms with Crippen molar-refractivity contribution in [1.82, 2.24) is 5.32 Å². The van der Waals surface area contributed by atoms with Gasteiger partial charge in [0.1, 0.15) is 5.82 Å². The lowest BCUT2D eigenvalue weighted by Crippen LogP contribution is -2.34. The second-order valence-corrected chi connectivity index (χ2v) is 5.98. The van der Waals surface area contributed by atoms with E-state index in [1.165, 1.54) is 44.2 Å². The van der Waals surface area contributed by atoms with Gasteiger partial charge in [0.2, 0.25) is 5.91 Å². The molecule has 1 N–H and O–H groups in total. The van der Waals surface area contributed by atoms with Gasteiger partial charge in [-0.15, -0.1) is 0 Å². The van der Waals surface area contributed by atoms with Crippen LogP contribution >= 0.6 is 0 Å². The zero-order valence-corrected chi connectivity index (χ0v) is 12.2. The summed E-state index contributed by atoms with van der Waals surface area (Å²) in [7, 11) is 0. The monoisotopic (exact) mass is 277 g/mol. The maximum atomic E-state index is 13.1. The Morgan fingerprint density at radius 3 is 2.80 bits per heavy atom. The third-order valence-corrected chi connectivity index (χ3v) is 4.17. The van der Waals surface area contributed by atoms with Crippen molar-refractivity contribution in [2.45, 2.75) is 45.4 Å². The molecular formula is C17H24FNO. The zero-order valence-electron chi connectivity index (χ0n) is 12.2. The summed E-state index contributed by atoms with van der Waals surface area (Å²) in [6.45, 7) is 2.70. The number of hydrogen-bond donors (Lipinski definition) is 1. The lowest BCUT2D eigenvalue weighted by molar-refractivity contribution is -0.124. The van der Waals surface area contributed by atoms with E-state index in [9.17, 15) is 9.18 Å². The van der Waals surface area contributed by atoms with Crippen molar-refractivity contribution >= 4 is 5.91 Å². The Morgan fingerprint density at radius 2 is 2.10 bits per heavy atom. The Bertz CT molecular complexity index is 440. The van der Waals surface area contributed by atoms with Gasteiger partial charge in [-0.25, -0.2) is 4.39 Å². The summed E-state index contributed by atoms with van der Waals surface area (Å²) in [5.41, 5.74) is 0.880. The number of halogens is 1. The van der Waals surface area contributed by atoms with Crippen LogP contribution < -0.4 is 5.32 Å². The number of hydrogen-bond acceptors (Lipinski definition) is 1. The van der Waals surface area contributed by atoms with Gasteiger partial charge in [0.15, 0.2) is 0 Å². The van der Waals surface area contributed by atoms with Gasteiger partial charge in [0.25, 0.3) is 0 Å². The van der Waals surface area contributed by atoms with Gasteiger partial charge >= 0.3 is 0 Å². The van der Waals surface area contributed by atoms with E-state index in [0.717, 1.165) is 12.1 Å². The quantitative estimate of drug-likeness (QED) is 0.873. The summed E-state index contributed by atoms with van der Waals surface area (Å²) in [5.74, 6) is 0.381. The zero-order chi connectivity index (χ0) is 14.4. The maximum absolute atomic E-state index is 13.1. The second kappa shape index (κ2) is 7.41. The van der Waals surface area contributed by atoms with Crippen LogP contribution in [0.4, 0.5) is 4.39 Å². The molecule has 1 unspecified atom stereocenters. The molecule has 1 saturated carbocycles. The smallest absolute Gasteiger partial charge is 0.223 e. The molecule has 0 heterocycles. The van der Waals surface area contributed by atoms with E-state index >= 15 is 0 Å². The van der Waals surface area contributed by atoms with E-state index in [1.54, 1.807) is 6.07 Å². The molecule has 1 fully saturated rings. The molecule has 110 valence electrons. The van der Waals surface area contributed by atoms with Gasteiger partial charge in [-0.1, -0.05) is 38.3 Å². The fraction of sp³-hybridized carbons (Fsp3) is 0.588. The summed E-state index contributed by atoms with van der Waals surface area (Å²) < 4.78 is 13.1. The molecule has 1 amide bonds. The summed E-state index contributed by atoms with van der Waals surface area (Å²) in [6.07, 6.45) is 6.98. The molecule has 0 bridgehead atoms. The van der Waals surface area contributed by atoms with Crippen LogP contribution in [-0.2, 0) is 11.2 Å². The largest absolute Gasteiger partial charge is 0.356 e. The SMILES string of the molecule is CC(Cc1cccc(F)c1)C(=O)NCC1CCCCC1. The number of amides is 1. The van der Waals surface area contributed by atoms with Crippen LogP contribution in [0.2, 0.25) is 0 Å². The van der Waals surface area contributed by atoms with Crippen molar-refractivity contribution in [1.29, 1.82) is 0 Å². The van der Waals surface area contributed by atoms with E-state index in [2.05, 4.69) is 5.32 Å². The van der Waals surface area contributed by atoms with Crippen molar-refractivity contribution < 1.29 is 9.18 Å². The molecule has 1 aliphatic carbocycles. The number of rotatable bonds is 5. The topological polar surface area (TPSA) is 29.1 Å².